The Bertz CT molecular complexity index is 364. The molecule has 1 aliphatic rings. The monoisotopic (exact) mass is 262 g/mol. The molecule has 1 aromatic rings. The van der Waals surface area contributed by atoms with Gasteiger partial charge in [0.2, 0.25) is 0 Å². The molecule has 1 unspecified atom stereocenters. The molecular formula is C16H26N2O. The highest BCUT2D eigenvalue weighted by atomic mass is 16.5. The Kier molecular flexibility index (Phi) is 5.67. The summed E-state index contributed by atoms with van der Waals surface area (Å²) in [4.78, 5) is 2.57. The fourth-order valence-corrected chi connectivity index (χ4v) is 2.46. The summed E-state index contributed by atoms with van der Waals surface area (Å²) in [7, 11) is 0. The summed E-state index contributed by atoms with van der Waals surface area (Å²) in [6.07, 6.45) is 2.35. The quantitative estimate of drug-likeness (QED) is 0.797. The summed E-state index contributed by atoms with van der Waals surface area (Å²) in [5.74, 6) is 0.987. The van der Waals surface area contributed by atoms with Crippen LogP contribution in [0.1, 0.15) is 25.3 Å². The molecule has 0 aliphatic carbocycles. The predicted molar refractivity (Wildman–Crippen MR) is 79.8 cm³/mol. The van der Waals surface area contributed by atoms with Gasteiger partial charge in [0.1, 0.15) is 5.75 Å². The number of ether oxygens (including phenoxy) is 1. The zero-order valence-electron chi connectivity index (χ0n) is 12.2. The van der Waals surface area contributed by atoms with Crippen molar-refractivity contribution in [3.05, 3.63) is 29.8 Å². The zero-order chi connectivity index (χ0) is 13.5. The van der Waals surface area contributed by atoms with Crippen LogP contribution in [0.5, 0.6) is 5.75 Å². The molecule has 0 radical (unpaired) electrons. The summed E-state index contributed by atoms with van der Waals surface area (Å²) >= 11 is 0. The number of benzene rings is 1. The van der Waals surface area contributed by atoms with E-state index in [1.54, 1.807) is 0 Å². The van der Waals surface area contributed by atoms with Crippen LogP contribution in [0, 0.1) is 6.92 Å². The van der Waals surface area contributed by atoms with Gasteiger partial charge in [-0.3, -0.25) is 4.90 Å². The smallest absolute Gasteiger partial charge is 0.119 e. The first-order valence-corrected chi connectivity index (χ1v) is 7.40. The molecule has 0 aromatic heterocycles. The maximum Gasteiger partial charge on any atom is 0.119 e. The van der Waals surface area contributed by atoms with Crippen molar-refractivity contribution in [2.24, 2.45) is 0 Å². The largest absolute Gasteiger partial charge is 0.494 e. The third-order valence-electron chi connectivity index (χ3n) is 3.77. The fraction of sp³-hybridized carbons (Fsp3) is 0.625. The molecule has 0 amide bonds. The first-order chi connectivity index (χ1) is 9.25. The van der Waals surface area contributed by atoms with Gasteiger partial charge in [0.25, 0.3) is 0 Å². The molecule has 19 heavy (non-hydrogen) atoms. The second-order valence-electron chi connectivity index (χ2n) is 5.46. The van der Waals surface area contributed by atoms with Gasteiger partial charge in [-0.1, -0.05) is 17.7 Å². The summed E-state index contributed by atoms with van der Waals surface area (Å²) in [6.45, 7) is 9.85. The highest BCUT2D eigenvalue weighted by Gasteiger charge is 2.16. The Morgan fingerprint density at radius 1 is 1.26 bits per heavy atom. The van der Waals surface area contributed by atoms with Gasteiger partial charge < -0.3 is 10.1 Å². The van der Waals surface area contributed by atoms with Gasteiger partial charge in [0, 0.05) is 25.7 Å². The first kappa shape index (κ1) is 14.4. The van der Waals surface area contributed by atoms with E-state index >= 15 is 0 Å². The SMILES string of the molecule is Cc1ccc(OCCCCN2CCNCC2C)cc1. The highest BCUT2D eigenvalue weighted by molar-refractivity contribution is 5.26. The molecule has 0 bridgehead atoms. The summed E-state index contributed by atoms with van der Waals surface area (Å²) in [5, 5.41) is 3.43. The second kappa shape index (κ2) is 7.51. The van der Waals surface area contributed by atoms with Gasteiger partial charge >= 0.3 is 0 Å². The van der Waals surface area contributed by atoms with Crippen molar-refractivity contribution in [1.82, 2.24) is 10.2 Å². The number of piperazine rings is 1. The minimum absolute atomic E-state index is 0.673. The van der Waals surface area contributed by atoms with Crippen molar-refractivity contribution in [2.45, 2.75) is 32.7 Å². The maximum absolute atomic E-state index is 5.75. The van der Waals surface area contributed by atoms with Crippen LogP contribution in [0.15, 0.2) is 24.3 Å². The average molecular weight is 262 g/mol. The minimum atomic E-state index is 0.673. The molecule has 1 saturated heterocycles. The molecule has 3 heteroatoms. The minimum Gasteiger partial charge on any atom is -0.494 e. The van der Waals surface area contributed by atoms with Gasteiger partial charge in [-0.05, 0) is 45.4 Å². The van der Waals surface area contributed by atoms with Crippen molar-refractivity contribution < 1.29 is 4.74 Å². The molecule has 1 N–H and O–H groups in total. The zero-order valence-corrected chi connectivity index (χ0v) is 12.2. The molecule has 1 aromatic carbocycles. The predicted octanol–water partition coefficient (Wildman–Crippen LogP) is 2.45. The van der Waals surface area contributed by atoms with E-state index in [0.717, 1.165) is 31.9 Å². The standard InChI is InChI=1S/C16H26N2O/c1-14-5-7-16(8-6-14)19-12-4-3-10-18-11-9-17-13-15(18)2/h5-8,15,17H,3-4,9-13H2,1-2H3. The number of rotatable bonds is 6. The average Bonchev–Trinajstić information content (AvgIpc) is 2.42. The third-order valence-corrected chi connectivity index (χ3v) is 3.77. The topological polar surface area (TPSA) is 24.5 Å². The molecule has 2 rings (SSSR count). The summed E-state index contributed by atoms with van der Waals surface area (Å²) in [6, 6.07) is 8.96. The van der Waals surface area contributed by atoms with E-state index in [-0.39, 0.29) is 0 Å². The van der Waals surface area contributed by atoms with E-state index in [2.05, 4.69) is 36.2 Å². The molecule has 1 aliphatic heterocycles. The number of nitrogens with one attached hydrogen (secondary N) is 1. The molecule has 1 fully saturated rings. The Morgan fingerprint density at radius 3 is 2.79 bits per heavy atom. The van der Waals surface area contributed by atoms with Gasteiger partial charge in [-0.25, -0.2) is 0 Å². The molecule has 1 heterocycles. The van der Waals surface area contributed by atoms with Crippen LogP contribution in [0.4, 0.5) is 0 Å². The third kappa shape index (κ3) is 4.84. The van der Waals surface area contributed by atoms with E-state index in [9.17, 15) is 0 Å². The highest BCUT2D eigenvalue weighted by Crippen LogP contribution is 2.12. The van der Waals surface area contributed by atoms with E-state index < -0.39 is 0 Å². The molecule has 3 nitrogen and oxygen atoms in total. The van der Waals surface area contributed by atoms with Crippen LogP contribution in [0.2, 0.25) is 0 Å². The van der Waals surface area contributed by atoms with Crippen molar-refractivity contribution >= 4 is 0 Å². The Hall–Kier alpha value is -1.06. The van der Waals surface area contributed by atoms with Gasteiger partial charge in [0.15, 0.2) is 0 Å². The van der Waals surface area contributed by atoms with Crippen LogP contribution >= 0.6 is 0 Å². The van der Waals surface area contributed by atoms with Crippen LogP contribution in [0.25, 0.3) is 0 Å². The lowest BCUT2D eigenvalue weighted by Crippen LogP contribution is -2.49. The van der Waals surface area contributed by atoms with Crippen molar-refractivity contribution in [2.75, 3.05) is 32.8 Å². The molecule has 1 atom stereocenters. The number of nitrogens with zero attached hydrogens (tertiary/aromatic N) is 1. The Balaban J connectivity index is 1.58. The lowest BCUT2D eigenvalue weighted by atomic mass is 10.2. The normalized spacial score (nSPS) is 20.4. The van der Waals surface area contributed by atoms with Crippen LogP contribution < -0.4 is 10.1 Å². The molecule has 0 saturated carbocycles. The number of hydrogen-bond donors (Lipinski definition) is 1. The van der Waals surface area contributed by atoms with Crippen molar-refractivity contribution in [3.63, 3.8) is 0 Å². The lowest BCUT2D eigenvalue weighted by Gasteiger charge is -2.33. The van der Waals surface area contributed by atoms with Crippen LogP contribution in [-0.2, 0) is 0 Å². The molecule has 106 valence electrons. The van der Waals surface area contributed by atoms with Gasteiger partial charge in [-0.2, -0.15) is 0 Å². The number of unbranched alkanes of at least 4 members (excludes halogenated alkanes) is 1. The van der Waals surface area contributed by atoms with Crippen LogP contribution in [-0.4, -0.2) is 43.7 Å². The Morgan fingerprint density at radius 2 is 2.05 bits per heavy atom. The van der Waals surface area contributed by atoms with E-state index in [0.29, 0.717) is 6.04 Å². The van der Waals surface area contributed by atoms with E-state index in [4.69, 9.17) is 4.74 Å². The summed E-state index contributed by atoms with van der Waals surface area (Å²) < 4.78 is 5.75. The van der Waals surface area contributed by atoms with Gasteiger partial charge in [0.05, 0.1) is 6.61 Å². The molecule has 0 spiro atoms. The second-order valence-corrected chi connectivity index (χ2v) is 5.46. The first-order valence-electron chi connectivity index (χ1n) is 7.40. The van der Waals surface area contributed by atoms with Gasteiger partial charge in [-0.15, -0.1) is 0 Å². The summed E-state index contributed by atoms with van der Waals surface area (Å²) in [5.41, 5.74) is 1.28. The fourth-order valence-electron chi connectivity index (χ4n) is 2.46. The lowest BCUT2D eigenvalue weighted by molar-refractivity contribution is 0.166. The van der Waals surface area contributed by atoms with E-state index in [1.807, 2.05) is 12.1 Å². The maximum atomic E-state index is 5.75. The van der Waals surface area contributed by atoms with Crippen molar-refractivity contribution in [3.8, 4) is 5.75 Å². The number of hydrogen-bond acceptors (Lipinski definition) is 3. The van der Waals surface area contributed by atoms with E-state index in [1.165, 1.54) is 25.1 Å². The van der Waals surface area contributed by atoms with Crippen molar-refractivity contribution in [1.29, 1.82) is 0 Å². The number of aryl methyl sites for hydroxylation is 1. The Labute approximate surface area is 116 Å². The van der Waals surface area contributed by atoms with Crippen LogP contribution in [0.3, 0.4) is 0 Å². The molecular weight excluding hydrogens is 236 g/mol.